The number of amides is 1. The molecular formula is C22H17FN4O5S. The molecule has 168 valence electrons. The first-order valence-corrected chi connectivity index (χ1v) is 10.5. The number of aryl methyl sites for hydroxylation is 2. The second-order valence-electron chi connectivity index (χ2n) is 7.15. The van der Waals surface area contributed by atoms with E-state index < -0.39 is 23.4 Å². The van der Waals surface area contributed by atoms with Gasteiger partial charge in [0, 0.05) is 11.5 Å². The molecule has 2 aromatic heterocycles. The third-order valence-corrected chi connectivity index (χ3v) is 5.95. The van der Waals surface area contributed by atoms with E-state index in [0.717, 1.165) is 16.7 Å². The molecule has 0 aliphatic carbocycles. The predicted octanol–water partition coefficient (Wildman–Crippen LogP) is 4.55. The Morgan fingerprint density at radius 3 is 2.64 bits per heavy atom. The summed E-state index contributed by atoms with van der Waals surface area (Å²) >= 11 is 1.13. The number of nitro benzene ring substituents is 1. The highest BCUT2D eigenvalue weighted by Gasteiger charge is 2.21. The smallest absolute Gasteiger partial charge is 0.348 e. The van der Waals surface area contributed by atoms with Crippen LogP contribution >= 0.6 is 11.3 Å². The van der Waals surface area contributed by atoms with E-state index in [1.54, 1.807) is 42.8 Å². The van der Waals surface area contributed by atoms with Crippen LogP contribution in [0.3, 0.4) is 0 Å². The highest BCUT2D eigenvalue weighted by Crippen LogP contribution is 2.31. The lowest BCUT2D eigenvalue weighted by molar-refractivity contribution is -0.384. The second kappa shape index (κ2) is 8.79. The van der Waals surface area contributed by atoms with Crippen molar-refractivity contribution < 1.29 is 23.6 Å². The molecule has 0 spiro atoms. The maximum absolute atomic E-state index is 13.2. The lowest BCUT2D eigenvalue weighted by atomic mass is 10.1. The van der Waals surface area contributed by atoms with Crippen molar-refractivity contribution in [1.82, 2.24) is 9.78 Å². The van der Waals surface area contributed by atoms with Crippen LogP contribution in [0.2, 0.25) is 0 Å². The van der Waals surface area contributed by atoms with Gasteiger partial charge in [-0.3, -0.25) is 14.9 Å². The maximum Gasteiger partial charge on any atom is 0.348 e. The summed E-state index contributed by atoms with van der Waals surface area (Å²) in [7, 11) is 0. The summed E-state index contributed by atoms with van der Waals surface area (Å²) in [5.74, 6) is -1.78. The lowest BCUT2D eigenvalue weighted by Crippen LogP contribution is -2.21. The number of rotatable bonds is 6. The van der Waals surface area contributed by atoms with Crippen LogP contribution < -0.4 is 5.32 Å². The van der Waals surface area contributed by atoms with Crippen molar-refractivity contribution in [2.24, 2.45) is 0 Å². The molecule has 1 amide bonds. The summed E-state index contributed by atoms with van der Waals surface area (Å²) in [6, 6.07) is 11.8. The Morgan fingerprint density at radius 2 is 1.94 bits per heavy atom. The summed E-state index contributed by atoms with van der Waals surface area (Å²) in [5.41, 5.74) is 1.62. The van der Waals surface area contributed by atoms with E-state index in [2.05, 4.69) is 10.4 Å². The van der Waals surface area contributed by atoms with Gasteiger partial charge in [-0.05, 0) is 49.7 Å². The predicted molar refractivity (Wildman–Crippen MR) is 120 cm³/mol. The van der Waals surface area contributed by atoms with Gasteiger partial charge in [0.1, 0.15) is 21.2 Å². The van der Waals surface area contributed by atoms with Crippen LogP contribution in [0.1, 0.15) is 20.9 Å². The van der Waals surface area contributed by atoms with Gasteiger partial charge in [0.25, 0.3) is 11.6 Å². The fraction of sp³-hybridized carbons (Fsp3) is 0.136. The number of halogens is 1. The highest BCUT2D eigenvalue weighted by molar-refractivity contribution is 7.20. The number of aromatic nitrogens is 2. The van der Waals surface area contributed by atoms with Gasteiger partial charge in [-0.25, -0.2) is 13.9 Å². The maximum atomic E-state index is 13.2. The quantitative estimate of drug-likeness (QED) is 0.252. The number of hydrogen-bond donors (Lipinski definition) is 1. The summed E-state index contributed by atoms with van der Waals surface area (Å²) < 4.78 is 20.0. The van der Waals surface area contributed by atoms with Gasteiger partial charge in [-0.15, -0.1) is 11.3 Å². The average molecular weight is 468 g/mol. The van der Waals surface area contributed by atoms with Crippen molar-refractivity contribution in [3.63, 3.8) is 0 Å². The van der Waals surface area contributed by atoms with Crippen molar-refractivity contribution >= 4 is 44.8 Å². The van der Waals surface area contributed by atoms with Crippen LogP contribution in [0, 0.1) is 29.8 Å². The van der Waals surface area contributed by atoms with Gasteiger partial charge in [-0.1, -0.05) is 12.1 Å². The number of carbonyl (C=O) groups excluding carboxylic acids is 2. The van der Waals surface area contributed by atoms with Crippen molar-refractivity contribution in [2.75, 3.05) is 11.9 Å². The molecule has 0 aliphatic rings. The zero-order valence-corrected chi connectivity index (χ0v) is 18.3. The number of ether oxygens (including phenoxy) is 1. The minimum atomic E-state index is -0.712. The Morgan fingerprint density at radius 1 is 1.21 bits per heavy atom. The summed E-state index contributed by atoms with van der Waals surface area (Å²) in [5, 5.41) is 18.8. The SMILES string of the molecule is Cc1cccc([N+](=O)[O-])c1NC(=O)COC(=O)c1cc2c(C)nn(-c3ccc(F)cc3)c2s1. The van der Waals surface area contributed by atoms with E-state index in [1.165, 1.54) is 24.3 Å². The molecule has 4 rings (SSSR count). The number of nitrogens with one attached hydrogen (secondary N) is 1. The number of thiophene rings is 1. The molecule has 9 nitrogen and oxygen atoms in total. The van der Waals surface area contributed by atoms with Gasteiger partial charge in [0.05, 0.1) is 16.3 Å². The number of benzene rings is 2. The van der Waals surface area contributed by atoms with Gasteiger partial charge in [0.2, 0.25) is 0 Å². The van der Waals surface area contributed by atoms with Crippen LogP contribution in [0.4, 0.5) is 15.8 Å². The van der Waals surface area contributed by atoms with Gasteiger partial charge in [-0.2, -0.15) is 5.10 Å². The summed E-state index contributed by atoms with van der Waals surface area (Å²) in [6.45, 7) is 2.80. The van der Waals surface area contributed by atoms with Crippen molar-refractivity contribution in [3.8, 4) is 5.69 Å². The first-order valence-electron chi connectivity index (χ1n) is 9.70. The van der Waals surface area contributed by atoms with Crippen LogP contribution in [-0.4, -0.2) is 33.2 Å². The third kappa shape index (κ3) is 4.44. The average Bonchev–Trinajstić information content (AvgIpc) is 3.34. The molecule has 4 aromatic rings. The van der Waals surface area contributed by atoms with E-state index in [0.29, 0.717) is 21.8 Å². The van der Waals surface area contributed by atoms with Crippen LogP contribution in [0.5, 0.6) is 0 Å². The van der Waals surface area contributed by atoms with E-state index in [4.69, 9.17) is 4.74 Å². The second-order valence-corrected chi connectivity index (χ2v) is 8.18. The first-order chi connectivity index (χ1) is 15.7. The van der Waals surface area contributed by atoms with Gasteiger partial charge in [0.15, 0.2) is 6.61 Å². The summed E-state index contributed by atoms with van der Waals surface area (Å²) in [4.78, 5) is 36.3. The molecule has 0 bridgehead atoms. The zero-order chi connectivity index (χ0) is 23.7. The Kier molecular flexibility index (Phi) is 5.88. The number of anilines is 1. The van der Waals surface area contributed by atoms with Gasteiger partial charge >= 0.3 is 5.97 Å². The normalized spacial score (nSPS) is 10.9. The molecule has 0 saturated carbocycles. The topological polar surface area (TPSA) is 116 Å². The number of hydrogen-bond acceptors (Lipinski definition) is 7. The Labute approximate surface area is 190 Å². The fourth-order valence-corrected chi connectivity index (χ4v) is 4.33. The van der Waals surface area contributed by atoms with Crippen molar-refractivity contribution in [3.05, 3.63) is 80.6 Å². The van der Waals surface area contributed by atoms with Crippen LogP contribution in [0.25, 0.3) is 15.9 Å². The monoisotopic (exact) mass is 468 g/mol. The molecule has 0 unspecified atom stereocenters. The lowest BCUT2D eigenvalue weighted by Gasteiger charge is -2.09. The van der Waals surface area contributed by atoms with E-state index in [9.17, 15) is 24.1 Å². The molecule has 11 heteroatoms. The Balaban J connectivity index is 1.49. The number of fused-ring (bicyclic) bond motifs is 1. The molecule has 0 atom stereocenters. The van der Waals surface area contributed by atoms with Crippen molar-refractivity contribution in [2.45, 2.75) is 13.8 Å². The molecule has 2 aromatic carbocycles. The Hall–Kier alpha value is -4.12. The van der Waals surface area contributed by atoms with Gasteiger partial charge < -0.3 is 10.1 Å². The molecule has 0 fully saturated rings. The molecule has 0 saturated heterocycles. The molecule has 0 radical (unpaired) electrons. The molecular weight excluding hydrogens is 451 g/mol. The highest BCUT2D eigenvalue weighted by atomic mass is 32.1. The number of nitro groups is 1. The van der Waals surface area contributed by atoms with Crippen LogP contribution in [0.15, 0.2) is 48.5 Å². The number of nitrogens with zero attached hydrogens (tertiary/aromatic N) is 3. The van der Waals surface area contributed by atoms with E-state index >= 15 is 0 Å². The third-order valence-electron chi connectivity index (χ3n) is 4.86. The largest absolute Gasteiger partial charge is 0.451 e. The standard InChI is InChI=1S/C22H17FN4O5S/c1-12-4-3-5-17(27(30)31)20(12)24-19(28)11-32-22(29)18-10-16-13(2)25-26(21(16)33-18)15-8-6-14(23)7-9-15/h3-10H,11H2,1-2H3,(H,24,28). The molecule has 1 N–H and O–H groups in total. The first kappa shape index (κ1) is 22.1. The van der Waals surface area contributed by atoms with Crippen LogP contribution in [-0.2, 0) is 9.53 Å². The Bertz CT molecular complexity index is 1390. The molecule has 0 aliphatic heterocycles. The fourth-order valence-electron chi connectivity index (χ4n) is 3.25. The van der Waals surface area contributed by atoms with Crippen molar-refractivity contribution in [1.29, 1.82) is 0 Å². The molecule has 33 heavy (non-hydrogen) atoms. The summed E-state index contributed by atoms with van der Waals surface area (Å²) in [6.07, 6.45) is 0. The number of para-hydroxylation sites is 1. The minimum absolute atomic E-state index is 0.0559. The minimum Gasteiger partial charge on any atom is -0.451 e. The van der Waals surface area contributed by atoms with E-state index in [1.807, 2.05) is 0 Å². The number of esters is 1. The zero-order valence-electron chi connectivity index (χ0n) is 17.5. The van der Waals surface area contributed by atoms with E-state index in [-0.39, 0.29) is 22.1 Å². The molecule has 2 heterocycles. The number of carbonyl (C=O) groups is 2.